The van der Waals surface area contributed by atoms with Gasteiger partial charge < -0.3 is 39.5 Å². The van der Waals surface area contributed by atoms with Crippen molar-refractivity contribution in [3.63, 3.8) is 0 Å². The minimum atomic E-state index is -1.82. The van der Waals surface area contributed by atoms with E-state index in [9.17, 15) is 49.2 Å². The third-order valence-electron chi connectivity index (χ3n) is 12.2. The fraction of sp³-hybridized carbons (Fsp3) is 0.667. The SMILES string of the molecule is CC(=O)C[C@@H]1C(=O)[C@@](O)(CO)[C@@H]2CC[C@@](C)(C2)[C@H]1/C=C/OC(=O)C=C(C)C.CC(=O)C[C@@H]1C(=O)[C@@](O)(CO)[C@@H]2CC[C@@](C)(C2)[C@H]1/C=C/OC(=O)C=C(C)C. The van der Waals surface area contributed by atoms with Gasteiger partial charge in [-0.15, -0.1) is 0 Å². The van der Waals surface area contributed by atoms with E-state index in [0.29, 0.717) is 25.7 Å². The van der Waals surface area contributed by atoms with Gasteiger partial charge in [0.15, 0.2) is 11.6 Å². The zero-order valence-corrected chi connectivity index (χ0v) is 33.1. The molecule has 0 amide bonds. The van der Waals surface area contributed by atoms with Gasteiger partial charge in [-0.2, -0.15) is 0 Å². The second-order valence-corrected chi connectivity index (χ2v) is 17.1. The molecule has 300 valence electrons. The molecule has 4 aliphatic carbocycles. The normalized spacial score (nSPS) is 35.8. The molecule has 4 N–H and O–H groups in total. The van der Waals surface area contributed by atoms with E-state index in [1.807, 2.05) is 13.8 Å². The Kier molecular flexibility index (Phi) is 14.9. The predicted molar refractivity (Wildman–Crippen MR) is 199 cm³/mol. The zero-order chi connectivity index (χ0) is 40.8. The van der Waals surface area contributed by atoms with Crippen LogP contribution in [0.25, 0.3) is 0 Å². The molecule has 12 nitrogen and oxygen atoms in total. The van der Waals surface area contributed by atoms with Crippen molar-refractivity contribution in [1.82, 2.24) is 0 Å². The first-order valence-electron chi connectivity index (χ1n) is 18.8. The Morgan fingerprint density at radius 1 is 0.648 bits per heavy atom. The summed E-state index contributed by atoms with van der Waals surface area (Å²) in [4.78, 5) is 73.3. The van der Waals surface area contributed by atoms with Crippen molar-refractivity contribution < 1.29 is 58.7 Å². The summed E-state index contributed by atoms with van der Waals surface area (Å²) in [6.45, 7) is 12.7. The monoisotopic (exact) mass is 756 g/mol. The molecule has 0 spiro atoms. The fourth-order valence-corrected chi connectivity index (χ4v) is 9.43. The van der Waals surface area contributed by atoms with Crippen LogP contribution in [-0.4, -0.2) is 79.9 Å². The fourth-order valence-electron chi connectivity index (χ4n) is 9.43. The number of aliphatic hydroxyl groups is 4. The molecule has 4 saturated carbocycles. The minimum Gasteiger partial charge on any atom is -0.432 e. The topological polar surface area (TPSA) is 202 Å². The summed E-state index contributed by atoms with van der Waals surface area (Å²) in [6, 6.07) is 0. The predicted octanol–water partition coefficient (Wildman–Crippen LogP) is 4.67. The average Bonchev–Trinajstić information content (AvgIpc) is 3.66. The molecule has 0 heterocycles. The van der Waals surface area contributed by atoms with Crippen molar-refractivity contribution >= 4 is 35.1 Å². The van der Waals surface area contributed by atoms with Gasteiger partial charge in [-0.05, 0) is 127 Å². The summed E-state index contributed by atoms with van der Waals surface area (Å²) in [5.41, 5.74) is -2.66. The van der Waals surface area contributed by atoms with Gasteiger partial charge in [0.1, 0.15) is 22.8 Å². The Morgan fingerprint density at radius 2 is 0.981 bits per heavy atom. The van der Waals surface area contributed by atoms with Gasteiger partial charge in [0.05, 0.1) is 25.7 Å². The summed E-state index contributed by atoms with van der Waals surface area (Å²) in [7, 11) is 0. The van der Waals surface area contributed by atoms with Crippen molar-refractivity contribution in [2.24, 2.45) is 46.3 Å². The van der Waals surface area contributed by atoms with Gasteiger partial charge in [-0.1, -0.05) is 25.0 Å². The van der Waals surface area contributed by atoms with Crippen LogP contribution in [0.1, 0.15) is 107 Å². The molecule has 0 saturated heterocycles. The van der Waals surface area contributed by atoms with Crippen LogP contribution in [0.3, 0.4) is 0 Å². The Labute approximate surface area is 318 Å². The lowest BCUT2D eigenvalue weighted by atomic mass is 9.67. The van der Waals surface area contributed by atoms with E-state index < -0.39 is 59.8 Å². The molecular formula is C42H60O12. The van der Waals surface area contributed by atoms with E-state index in [1.54, 1.807) is 39.8 Å². The first kappa shape index (κ1) is 44.8. The van der Waals surface area contributed by atoms with Crippen LogP contribution in [0.2, 0.25) is 0 Å². The maximum atomic E-state index is 13.1. The number of rotatable bonds is 12. The van der Waals surface area contributed by atoms with E-state index in [1.165, 1.54) is 38.5 Å². The molecule has 54 heavy (non-hydrogen) atoms. The first-order chi connectivity index (χ1) is 25.1. The molecule has 0 unspecified atom stereocenters. The lowest BCUT2D eigenvalue weighted by Crippen LogP contribution is -2.51. The molecule has 4 bridgehead atoms. The summed E-state index contributed by atoms with van der Waals surface area (Å²) in [5, 5.41) is 41.4. The molecule has 12 heteroatoms. The van der Waals surface area contributed by atoms with E-state index in [2.05, 4.69) is 0 Å². The highest BCUT2D eigenvalue weighted by Crippen LogP contribution is 2.58. The molecule has 0 aromatic carbocycles. The quantitative estimate of drug-likeness (QED) is 0.122. The molecule has 4 aliphatic rings. The number of esters is 2. The Morgan fingerprint density at radius 3 is 1.26 bits per heavy atom. The highest BCUT2D eigenvalue weighted by Gasteiger charge is 2.60. The van der Waals surface area contributed by atoms with Gasteiger partial charge in [-0.3, -0.25) is 9.59 Å². The van der Waals surface area contributed by atoms with Crippen molar-refractivity contribution in [3.8, 4) is 0 Å². The van der Waals surface area contributed by atoms with Crippen LogP contribution in [0, 0.1) is 46.3 Å². The lowest BCUT2D eigenvalue weighted by Gasteiger charge is -2.37. The number of Topliss-reactive ketones (excluding diaryl/α,β-unsaturated/α-hetero) is 4. The van der Waals surface area contributed by atoms with Crippen LogP contribution in [0.15, 0.2) is 48.0 Å². The smallest absolute Gasteiger partial charge is 0.335 e. The second kappa shape index (κ2) is 17.9. The van der Waals surface area contributed by atoms with E-state index >= 15 is 0 Å². The third kappa shape index (κ3) is 9.99. The maximum Gasteiger partial charge on any atom is 0.335 e. The number of allylic oxidation sites excluding steroid dienone is 4. The van der Waals surface area contributed by atoms with Crippen LogP contribution in [-0.2, 0) is 38.2 Å². The Balaban J connectivity index is 0.000000290. The van der Waals surface area contributed by atoms with E-state index in [4.69, 9.17) is 9.47 Å². The zero-order valence-electron chi connectivity index (χ0n) is 33.1. The summed E-state index contributed by atoms with van der Waals surface area (Å²) < 4.78 is 10.2. The number of hydrogen-bond acceptors (Lipinski definition) is 12. The van der Waals surface area contributed by atoms with Crippen LogP contribution >= 0.6 is 0 Å². The van der Waals surface area contributed by atoms with Crippen molar-refractivity contribution in [2.75, 3.05) is 13.2 Å². The number of hydrogen-bond donors (Lipinski definition) is 4. The molecule has 0 radical (unpaired) electrons. The number of carbonyl (C=O) groups is 6. The van der Waals surface area contributed by atoms with Gasteiger partial charge in [0.25, 0.3) is 0 Å². The standard InChI is InChI=1S/2C21H30O6/c2*1-13(2)9-18(24)27-8-6-17-16(10-14(3)23)19(25)21(26,12-22)15-5-7-20(17,4)11-15/h2*6,8-9,15-17,22,26H,5,7,10-12H2,1-4H3/b2*8-6+/t2*15-,16+,17+,20+,21-/m11/s1. The summed E-state index contributed by atoms with van der Waals surface area (Å²) in [6.07, 6.45) is 12.6. The first-order valence-corrected chi connectivity index (χ1v) is 18.8. The molecule has 0 aromatic rings. The Bertz CT molecular complexity index is 1460. The summed E-state index contributed by atoms with van der Waals surface area (Å²) >= 11 is 0. The second-order valence-electron chi connectivity index (χ2n) is 17.1. The molecule has 10 atom stereocenters. The van der Waals surface area contributed by atoms with Gasteiger partial charge >= 0.3 is 11.9 Å². The van der Waals surface area contributed by atoms with Gasteiger partial charge in [-0.25, -0.2) is 9.59 Å². The highest BCUT2D eigenvalue weighted by molar-refractivity contribution is 5.95. The molecule has 0 aliphatic heterocycles. The van der Waals surface area contributed by atoms with Crippen LogP contribution < -0.4 is 0 Å². The number of carbonyl (C=O) groups excluding carboxylic acids is 6. The average molecular weight is 757 g/mol. The van der Waals surface area contributed by atoms with Gasteiger partial charge in [0.2, 0.25) is 0 Å². The van der Waals surface area contributed by atoms with Crippen molar-refractivity contribution in [2.45, 2.75) is 118 Å². The van der Waals surface area contributed by atoms with Crippen molar-refractivity contribution in [1.29, 1.82) is 0 Å². The van der Waals surface area contributed by atoms with Crippen LogP contribution in [0.4, 0.5) is 0 Å². The van der Waals surface area contributed by atoms with E-state index in [0.717, 1.165) is 24.0 Å². The molecular weight excluding hydrogens is 696 g/mol. The van der Waals surface area contributed by atoms with Gasteiger partial charge in [0, 0.05) is 36.8 Å². The summed E-state index contributed by atoms with van der Waals surface area (Å²) in [5.74, 6) is -5.20. The maximum absolute atomic E-state index is 13.1. The number of ketones is 4. The highest BCUT2D eigenvalue weighted by atomic mass is 16.5. The third-order valence-corrected chi connectivity index (χ3v) is 12.2. The molecule has 4 rings (SSSR count). The molecule has 0 aromatic heterocycles. The molecule has 4 fully saturated rings. The van der Waals surface area contributed by atoms with Crippen molar-refractivity contribution in [3.05, 3.63) is 48.0 Å². The number of ether oxygens (including phenoxy) is 2. The number of aliphatic hydroxyl groups excluding tert-OH is 2. The van der Waals surface area contributed by atoms with E-state index in [-0.39, 0.29) is 58.9 Å². The Hall–Kier alpha value is -3.58. The lowest BCUT2D eigenvalue weighted by molar-refractivity contribution is -0.154. The van der Waals surface area contributed by atoms with Crippen LogP contribution in [0.5, 0.6) is 0 Å². The largest absolute Gasteiger partial charge is 0.432 e. The minimum absolute atomic E-state index is 0.0135. The number of fused-ring (bicyclic) bond motifs is 4.